The van der Waals surface area contributed by atoms with E-state index in [0.717, 1.165) is 12.5 Å². The van der Waals surface area contributed by atoms with Gasteiger partial charge < -0.3 is 5.32 Å². The van der Waals surface area contributed by atoms with Gasteiger partial charge in [-0.25, -0.2) is 0 Å². The van der Waals surface area contributed by atoms with E-state index in [1.807, 2.05) is 0 Å². The first-order chi connectivity index (χ1) is 10.2. The molecule has 0 aliphatic heterocycles. The lowest BCUT2D eigenvalue weighted by molar-refractivity contribution is 0.229. The molecular formula is C20H41N. The Labute approximate surface area is 134 Å². The number of unbranched alkanes of at least 4 members (excludes halogenated alkanes) is 9. The molecule has 0 spiro atoms. The largest absolute Gasteiger partial charge is 0.316 e. The third-order valence-electron chi connectivity index (χ3n) is 5.44. The van der Waals surface area contributed by atoms with Crippen LogP contribution in [0.4, 0.5) is 0 Å². The van der Waals surface area contributed by atoms with Gasteiger partial charge in [0, 0.05) is 6.54 Å². The Bertz CT molecular complexity index is 234. The Morgan fingerprint density at radius 2 is 1.33 bits per heavy atom. The lowest BCUT2D eigenvalue weighted by atomic mass is 9.79. The van der Waals surface area contributed by atoms with Crippen molar-refractivity contribution in [2.24, 2.45) is 11.3 Å². The summed E-state index contributed by atoms with van der Waals surface area (Å²) in [5.41, 5.74) is 0.593. The summed E-state index contributed by atoms with van der Waals surface area (Å²) in [7, 11) is 0. The first-order valence-corrected chi connectivity index (χ1v) is 9.93. The molecule has 21 heavy (non-hydrogen) atoms. The van der Waals surface area contributed by atoms with E-state index in [4.69, 9.17) is 0 Å². The van der Waals surface area contributed by atoms with Gasteiger partial charge in [0.2, 0.25) is 0 Å². The maximum atomic E-state index is 3.60. The number of hydrogen-bond donors (Lipinski definition) is 1. The van der Waals surface area contributed by atoms with Crippen LogP contribution in [0, 0.1) is 11.3 Å². The van der Waals surface area contributed by atoms with Gasteiger partial charge in [-0.1, -0.05) is 85.0 Å². The molecule has 1 rings (SSSR count). The maximum Gasteiger partial charge on any atom is 0.000770 e. The van der Waals surface area contributed by atoms with E-state index in [1.54, 1.807) is 0 Å². The van der Waals surface area contributed by atoms with E-state index in [0.29, 0.717) is 5.41 Å². The smallest absolute Gasteiger partial charge is 0.000770 e. The number of rotatable bonds is 15. The van der Waals surface area contributed by atoms with Gasteiger partial charge in [-0.3, -0.25) is 0 Å². The van der Waals surface area contributed by atoms with Gasteiger partial charge in [0.05, 0.1) is 0 Å². The van der Waals surface area contributed by atoms with Crippen LogP contribution in [-0.4, -0.2) is 13.1 Å². The molecule has 1 fully saturated rings. The zero-order chi connectivity index (χ0) is 15.4. The van der Waals surface area contributed by atoms with Crippen LogP contribution in [0.15, 0.2) is 0 Å². The molecule has 1 saturated carbocycles. The minimum Gasteiger partial charge on any atom is -0.316 e. The molecule has 126 valence electrons. The molecule has 0 amide bonds. The predicted molar refractivity (Wildman–Crippen MR) is 95.8 cm³/mol. The molecule has 1 atom stereocenters. The number of nitrogens with one attached hydrogen (secondary N) is 1. The van der Waals surface area contributed by atoms with Crippen molar-refractivity contribution in [2.75, 3.05) is 13.1 Å². The highest BCUT2D eigenvalue weighted by Crippen LogP contribution is 2.48. The summed E-state index contributed by atoms with van der Waals surface area (Å²) in [6.45, 7) is 9.42. The molecule has 0 heterocycles. The molecule has 0 aromatic carbocycles. The fourth-order valence-electron chi connectivity index (χ4n) is 3.64. The van der Waals surface area contributed by atoms with Crippen molar-refractivity contribution in [3.05, 3.63) is 0 Å². The molecule has 0 bridgehead atoms. The standard InChI is InChI=1S/C20H41N/c1-4-6-7-8-9-10-11-12-13-14-17-20(3,18-21-5-2)19-15-16-19/h19,21H,4-18H2,1-3H3. The summed E-state index contributed by atoms with van der Waals surface area (Å²) in [5.74, 6) is 1.02. The topological polar surface area (TPSA) is 12.0 Å². The van der Waals surface area contributed by atoms with Crippen molar-refractivity contribution in [3.63, 3.8) is 0 Å². The fraction of sp³-hybridized carbons (Fsp3) is 1.00. The first kappa shape index (κ1) is 19.0. The van der Waals surface area contributed by atoms with E-state index in [9.17, 15) is 0 Å². The van der Waals surface area contributed by atoms with Gasteiger partial charge in [-0.2, -0.15) is 0 Å². The normalized spacial score (nSPS) is 17.9. The van der Waals surface area contributed by atoms with E-state index >= 15 is 0 Å². The van der Waals surface area contributed by atoms with Crippen molar-refractivity contribution >= 4 is 0 Å². The van der Waals surface area contributed by atoms with Gasteiger partial charge in [-0.05, 0) is 37.1 Å². The van der Waals surface area contributed by atoms with Gasteiger partial charge in [0.15, 0.2) is 0 Å². The maximum absolute atomic E-state index is 3.60. The average Bonchev–Trinajstić information content (AvgIpc) is 3.32. The Morgan fingerprint density at radius 3 is 1.81 bits per heavy atom. The molecule has 1 N–H and O–H groups in total. The van der Waals surface area contributed by atoms with Gasteiger partial charge >= 0.3 is 0 Å². The van der Waals surface area contributed by atoms with Crippen molar-refractivity contribution in [3.8, 4) is 0 Å². The highest BCUT2D eigenvalue weighted by atomic mass is 14.9. The monoisotopic (exact) mass is 295 g/mol. The van der Waals surface area contributed by atoms with Crippen molar-refractivity contribution in [2.45, 2.75) is 104 Å². The Morgan fingerprint density at radius 1 is 0.810 bits per heavy atom. The third-order valence-corrected chi connectivity index (χ3v) is 5.44. The van der Waals surface area contributed by atoms with Crippen LogP contribution in [0.3, 0.4) is 0 Å². The van der Waals surface area contributed by atoms with Crippen LogP contribution in [0.2, 0.25) is 0 Å². The van der Waals surface area contributed by atoms with Crippen LogP contribution >= 0.6 is 0 Å². The Hall–Kier alpha value is -0.0400. The molecule has 1 aliphatic carbocycles. The van der Waals surface area contributed by atoms with Crippen molar-refractivity contribution in [1.82, 2.24) is 5.32 Å². The van der Waals surface area contributed by atoms with Crippen LogP contribution in [0.25, 0.3) is 0 Å². The molecule has 0 radical (unpaired) electrons. The summed E-state index contributed by atoms with van der Waals surface area (Å²) in [6.07, 6.45) is 18.9. The van der Waals surface area contributed by atoms with Crippen molar-refractivity contribution < 1.29 is 0 Å². The summed E-state index contributed by atoms with van der Waals surface area (Å²) in [4.78, 5) is 0. The Balaban J connectivity index is 1.94. The van der Waals surface area contributed by atoms with Crippen molar-refractivity contribution in [1.29, 1.82) is 0 Å². The Kier molecular flexibility index (Phi) is 10.4. The number of hydrogen-bond acceptors (Lipinski definition) is 1. The fourth-order valence-corrected chi connectivity index (χ4v) is 3.64. The SMILES string of the molecule is CCCCCCCCCCCCC(C)(CNCC)C1CC1. The summed E-state index contributed by atoms with van der Waals surface area (Å²) in [5, 5.41) is 3.60. The van der Waals surface area contributed by atoms with Crippen LogP contribution < -0.4 is 5.32 Å². The quantitative estimate of drug-likeness (QED) is 0.348. The lowest BCUT2D eigenvalue weighted by Gasteiger charge is -2.30. The summed E-state index contributed by atoms with van der Waals surface area (Å²) >= 11 is 0. The minimum atomic E-state index is 0.593. The van der Waals surface area contributed by atoms with Gasteiger partial charge in [-0.15, -0.1) is 0 Å². The molecular weight excluding hydrogens is 254 g/mol. The zero-order valence-corrected chi connectivity index (χ0v) is 15.2. The molecule has 1 aliphatic rings. The summed E-state index contributed by atoms with van der Waals surface area (Å²) in [6, 6.07) is 0. The zero-order valence-electron chi connectivity index (χ0n) is 15.2. The van der Waals surface area contributed by atoms with E-state index < -0.39 is 0 Å². The van der Waals surface area contributed by atoms with E-state index in [2.05, 4.69) is 26.1 Å². The van der Waals surface area contributed by atoms with Gasteiger partial charge in [0.1, 0.15) is 0 Å². The third kappa shape index (κ3) is 8.86. The summed E-state index contributed by atoms with van der Waals surface area (Å²) < 4.78 is 0. The average molecular weight is 296 g/mol. The molecule has 1 nitrogen and oxygen atoms in total. The molecule has 1 unspecified atom stereocenters. The van der Waals surface area contributed by atoms with Crippen LogP contribution in [0.5, 0.6) is 0 Å². The molecule has 0 aromatic rings. The minimum absolute atomic E-state index is 0.593. The highest BCUT2D eigenvalue weighted by molar-refractivity contribution is 4.92. The second kappa shape index (κ2) is 11.5. The molecule has 1 heteroatoms. The van der Waals surface area contributed by atoms with E-state index in [-0.39, 0.29) is 0 Å². The first-order valence-electron chi connectivity index (χ1n) is 9.93. The molecule has 0 aromatic heterocycles. The lowest BCUT2D eigenvalue weighted by Crippen LogP contribution is -2.33. The molecule has 0 saturated heterocycles. The van der Waals surface area contributed by atoms with Crippen LogP contribution in [0.1, 0.15) is 104 Å². The second-order valence-corrected chi connectivity index (χ2v) is 7.64. The second-order valence-electron chi connectivity index (χ2n) is 7.64. The van der Waals surface area contributed by atoms with Crippen LogP contribution in [-0.2, 0) is 0 Å². The predicted octanol–water partition coefficient (Wildman–Crippen LogP) is 6.32. The highest BCUT2D eigenvalue weighted by Gasteiger charge is 2.40. The van der Waals surface area contributed by atoms with Gasteiger partial charge in [0.25, 0.3) is 0 Å². The van der Waals surface area contributed by atoms with E-state index in [1.165, 1.54) is 90.0 Å².